The number of nitrogen functional groups attached to an aromatic ring is 2. The van der Waals surface area contributed by atoms with Gasteiger partial charge in [0, 0.05) is 30.5 Å². The molecule has 176 valence electrons. The van der Waals surface area contributed by atoms with E-state index in [1.807, 2.05) is 6.92 Å². The third kappa shape index (κ3) is 7.64. The first-order valence-corrected chi connectivity index (χ1v) is 11.4. The fourth-order valence-corrected chi connectivity index (χ4v) is 3.82. The molecule has 7 nitrogen and oxygen atoms in total. The number of hydrogen-bond acceptors (Lipinski definition) is 7. The van der Waals surface area contributed by atoms with Crippen molar-refractivity contribution in [3.05, 3.63) is 65.2 Å². The Labute approximate surface area is 194 Å². The van der Waals surface area contributed by atoms with Crippen molar-refractivity contribution in [1.82, 2.24) is 0 Å². The Kier molecular flexibility index (Phi) is 8.89. The van der Waals surface area contributed by atoms with E-state index in [0.717, 1.165) is 36.8 Å². The molecule has 1 fully saturated rings. The molecule has 0 aromatic heterocycles. The molecule has 1 aliphatic carbocycles. The predicted octanol–water partition coefficient (Wildman–Crippen LogP) is 4.15. The molecule has 0 heterocycles. The average molecular weight is 453 g/mol. The second kappa shape index (κ2) is 12.1. The van der Waals surface area contributed by atoms with Gasteiger partial charge >= 0.3 is 11.9 Å². The first-order valence-electron chi connectivity index (χ1n) is 11.4. The minimum atomic E-state index is -0.455. The van der Waals surface area contributed by atoms with Gasteiger partial charge in [0.05, 0.1) is 18.3 Å². The van der Waals surface area contributed by atoms with Crippen LogP contribution in [0.1, 0.15) is 54.1 Å². The lowest BCUT2D eigenvalue weighted by molar-refractivity contribution is -0.137. The maximum absolute atomic E-state index is 12.4. The highest BCUT2D eigenvalue weighted by Crippen LogP contribution is 2.24. The van der Waals surface area contributed by atoms with E-state index in [0.29, 0.717) is 30.0 Å². The molecule has 0 bridgehead atoms. The smallest absolute Gasteiger partial charge is 0.338 e. The molecule has 3 rings (SSSR count). The Morgan fingerprint density at radius 3 is 2.39 bits per heavy atom. The van der Waals surface area contributed by atoms with E-state index in [1.54, 1.807) is 48.5 Å². The van der Waals surface area contributed by atoms with Crippen molar-refractivity contribution in [2.24, 2.45) is 0 Å². The molecule has 0 aliphatic heterocycles. The SMILES string of the molecule is CCOC1CCC(OC(=O)c2ccc(/C=C/C(=O)OCCc3cc(N)ccc3N)cc2)CC1. The van der Waals surface area contributed by atoms with Crippen LogP contribution < -0.4 is 11.5 Å². The van der Waals surface area contributed by atoms with E-state index in [2.05, 4.69) is 0 Å². The molecule has 2 aromatic rings. The van der Waals surface area contributed by atoms with Crippen LogP contribution in [0, 0.1) is 0 Å². The molecule has 0 unspecified atom stereocenters. The first kappa shape index (κ1) is 24.3. The van der Waals surface area contributed by atoms with Crippen LogP contribution in [0.4, 0.5) is 11.4 Å². The highest BCUT2D eigenvalue weighted by atomic mass is 16.5. The van der Waals surface area contributed by atoms with Crippen LogP contribution in [-0.2, 0) is 25.4 Å². The lowest BCUT2D eigenvalue weighted by atomic mass is 9.95. The van der Waals surface area contributed by atoms with Gasteiger partial charge in [-0.25, -0.2) is 9.59 Å². The van der Waals surface area contributed by atoms with Gasteiger partial charge in [-0.2, -0.15) is 0 Å². The lowest BCUT2D eigenvalue weighted by Crippen LogP contribution is -2.28. The van der Waals surface area contributed by atoms with Crippen LogP contribution in [0.2, 0.25) is 0 Å². The topological polar surface area (TPSA) is 114 Å². The number of esters is 2. The third-order valence-electron chi connectivity index (χ3n) is 5.64. The molecule has 0 radical (unpaired) electrons. The third-order valence-corrected chi connectivity index (χ3v) is 5.64. The molecule has 1 saturated carbocycles. The monoisotopic (exact) mass is 452 g/mol. The molecule has 33 heavy (non-hydrogen) atoms. The molecular weight excluding hydrogens is 420 g/mol. The van der Waals surface area contributed by atoms with Crippen molar-refractivity contribution in [3.63, 3.8) is 0 Å². The van der Waals surface area contributed by atoms with E-state index in [1.165, 1.54) is 6.08 Å². The first-order chi connectivity index (χ1) is 15.9. The molecule has 0 atom stereocenters. The van der Waals surface area contributed by atoms with Crippen LogP contribution in [0.5, 0.6) is 0 Å². The minimum absolute atomic E-state index is 0.0637. The van der Waals surface area contributed by atoms with Crippen molar-refractivity contribution >= 4 is 29.4 Å². The van der Waals surface area contributed by atoms with Crippen LogP contribution >= 0.6 is 0 Å². The number of carbonyl (C=O) groups is 2. The zero-order valence-corrected chi connectivity index (χ0v) is 19.0. The van der Waals surface area contributed by atoms with Gasteiger partial charge in [0.25, 0.3) is 0 Å². The Morgan fingerprint density at radius 2 is 1.70 bits per heavy atom. The van der Waals surface area contributed by atoms with E-state index in [9.17, 15) is 9.59 Å². The lowest BCUT2D eigenvalue weighted by Gasteiger charge is -2.28. The summed E-state index contributed by atoms with van der Waals surface area (Å²) in [5, 5.41) is 0. The summed E-state index contributed by atoms with van der Waals surface area (Å²) in [5.41, 5.74) is 15.0. The number of carbonyl (C=O) groups excluding carboxylic acids is 2. The summed E-state index contributed by atoms with van der Waals surface area (Å²) >= 11 is 0. The van der Waals surface area contributed by atoms with E-state index in [4.69, 9.17) is 25.7 Å². The molecule has 2 aromatic carbocycles. The highest BCUT2D eigenvalue weighted by Gasteiger charge is 2.24. The summed E-state index contributed by atoms with van der Waals surface area (Å²) in [6, 6.07) is 12.2. The second-order valence-electron chi connectivity index (χ2n) is 8.09. The predicted molar refractivity (Wildman–Crippen MR) is 128 cm³/mol. The van der Waals surface area contributed by atoms with Gasteiger partial charge in [-0.05, 0) is 80.1 Å². The summed E-state index contributed by atoms with van der Waals surface area (Å²) in [6.45, 7) is 2.91. The quantitative estimate of drug-likeness (QED) is 0.334. The minimum Gasteiger partial charge on any atom is -0.462 e. The van der Waals surface area contributed by atoms with Crippen LogP contribution in [-0.4, -0.2) is 37.4 Å². The molecule has 7 heteroatoms. The number of ether oxygens (including phenoxy) is 3. The zero-order chi connectivity index (χ0) is 23.6. The molecule has 0 amide bonds. The van der Waals surface area contributed by atoms with E-state index < -0.39 is 5.97 Å². The molecule has 4 N–H and O–H groups in total. The second-order valence-corrected chi connectivity index (χ2v) is 8.09. The molecular formula is C26H32N2O5. The van der Waals surface area contributed by atoms with Gasteiger partial charge in [-0.1, -0.05) is 12.1 Å². The Bertz CT molecular complexity index is 963. The van der Waals surface area contributed by atoms with Gasteiger partial charge in [0.15, 0.2) is 0 Å². The highest BCUT2D eigenvalue weighted by molar-refractivity contribution is 5.90. The molecule has 1 aliphatic rings. The maximum Gasteiger partial charge on any atom is 0.338 e. The summed E-state index contributed by atoms with van der Waals surface area (Å²) in [5.74, 6) is -0.783. The van der Waals surface area contributed by atoms with Crippen molar-refractivity contribution < 1.29 is 23.8 Å². The summed E-state index contributed by atoms with van der Waals surface area (Å²) in [7, 11) is 0. The Morgan fingerprint density at radius 1 is 1.00 bits per heavy atom. The summed E-state index contributed by atoms with van der Waals surface area (Å²) in [6.07, 6.45) is 7.17. The van der Waals surface area contributed by atoms with E-state index >= 15 is 0 Å². The number of anilines is 2. The van der Waals surface area contributed by atoms with Crippen molar-refractivity contribution in [2.45, 2.75) is 51.2 Å². The fourth-order valence-electron chi connectivity index (χ4n) is 3.82. The molecule has 0 saturated heterocycles. The number of nitrogens with two attached hydrogens (primary N) is 2. The van der Waals surface area contributed by atoms with Crippen LogP contribution in [0.15, 0.2) is 48.5 Å². The van der Waals surface area contributed by atoms with Crippen LogP contribution in [0.25, 0.3) is 6.08 Å². The zero-order valence-electron chi connectivity index (χ0n) is 19.0. The maximum atomic E-state index is 12.4. The Hall–Kier alpha value is -3.32. The fraction of sp³-hybridized carbons (Fsp3) is 0.385. The van der Waals surface area contributed by atoms with Gasteiger partial charge in [0.2, 0.25) is 0 Å². The van der Waals surface area contributed by atoms with Crippen molar-refractivity contribution in [3.8, 4) is 0 Å². The normalized spacial score (nSPS) is 18.2. The average Bonchev–Trinajstić information content (AvgIpc) is 2.81. The number of hydrogen-bond donors (Lipinski definition) is 2. The van der Waals surface area contributed by atoms with E-state index in [-0.39, 0.29) is 24.8 Å². The van der Waals surface area contributed by atoms with Gasteiger partial charge in [-0.15, -0.1) is 0 Å². The Balaban J connectivity index is 1.42. The number of rotatable bonds is 9. The van der Waals surface area contributed by atoms with Crippen LogP contribution in [0.3, 0.4) is 0 Å². The van der Waals surface area contributed by atoms with Gasteiger partial charge < -0.3 is 25.7 Å². The van der Waals surface area contributed by atoms with Gasteiger partial charge in [-0.3, -0.25) is 0 Å². The van der Waals surface area contributed by atoms with Crippen molar-refractivity contribution in [2.75, 3.05) is 24.7 Å². The van der Waals surface area contributed by atoms with Crippen molar-refractivity contribution in [1.29, 1.82) is 0 Å². The molecule has 0 spiro atoms. The summed E-state index contributed by atoms with van der Waals surface area (Å²) < 4.78 is 16.5. The van der Waals surface area contributed by atoms with Gasteiger partial charge in [0.1, 0.15) is 6.10 Å². The largest absolute Gasteiger partial charge is 0.462 e. The standard InChI is InChI=1S/C26H32N2O5/c1-2-31-22-9-11-23(12-10-22)33-26(30)19-6-3-18(4-7-19)5-14-25(29)32-16-15-20-17-21(27)8-13-24(20)28/h3-8,13-14,17,22-23H,2,9-12,15-16,27-28H2,1H3/b14-5+. The summed E-state index contributed by atoms with van der Waals surface area (Å²) in [4.78, 5) is 24.4. The number of benzene rings is 2.